The van der Waals surface area contributed by atoms with E-state index in [-0.39, 0.29) is 0 Å². The second-order valence-electron chi connectivity index (χ2n) is 4.15. The lowest BCUT2D eigenvalue weighted by atomic mass is 10.1. The van der Waals surface area contributed by atoms with Gasteiger partial charge in [-0.25, -0.2) is 0 Å². The molecule has 0 amide bonds. The molecule has 2 aromatic heterocycles. The van der Waals surface area contributed by atoms with Crippen LogP contribution in [-0.2, 0) is 0 Å². The fourth-order valence-electron chi connectivity index (χ4n) is 1.53. The monoisotopic (exact) mass is 235 g/mol. The van der Waals surface area contributed by atoms with Gasteiger partial charge in [0.1, 0.15) is 5.82 Å². The fourth-order valence-corrected chi connectivity index (χ4v) is 1.53. The van der Waals surface area contributed by atoms with Crippen LogP contribution in [0.3, 0.4) is 0 Å². The maximum absolute atomic E-state index is 5.56. The number of hydrogen-bond acceptors (Lipinski definition) is 6. The zero-order chi connectivity index (χ0) is 12.1. The van der Waals surface area contributed by atoms with Crippen LogP contribution in [0.25, 0.3) is 5.65 Å². The molecule has 2 rings (SSSR count). The SMILES string of the molecule is CC(CN)CCCNc1ccc2nnnn2n1. The summed E-state index contributed by atoms with van der Waals surface area (Å²) in [7, 11) is 0. The summed E-state index contributed by atoms with van der Waals surface area (Å²) in [5, 5.41) is 18.5. The molecule has 0 aliphatic carbocycles. The Morgan fingerprint density at radius 2 is 2.35 bits per heavy atom. The number of aromatic nitrogens is 5. The van der Waals surface area contributed by atoms with Crippen molar-refractivity contribution in [3.05, 3.63) is 12.1 Å². The normalized spacial score (nSPS) is 12.8. The molecule has 17 heavy (non-hydrogen) atoms. The van der Waals surface area contributed by atoms with Gasteiger partial charge >= 0.3 is 0 Å². The molecule has 0 bridgehead atoms. The number of nitrogens with two attached hydrogens (primary N) is 1. The zero-order valence-electron chi connectivity index (χ0n) is 9.87. The molecular weight excluding hydrogens is 218 g/mol. The van der Waals surface area contributed by atoms with Gasteiger partial charge < -0.3 is 11.1 Å². The van der Waals surface area contributed by atoms with Gasteiger partial charge in [0.15, 0.2) is 5.65 Å². The van der Waals surface area contributed by atoms with Gasteiger partial charge in [0, 0.05) is 6.54 Å². The van der Waals surface area contributed by atoms with Crippen molar-refractivity contribution in [3.63, 3.8) is 0 Å². The molecule has 3 N–H and O–H groups in total. The third kappa shape index (κ3) is 3.10. The first-order valence-corrected chi connectivity index (χ1v) is 5.79. The molecule has 2 aromatic rings. The van der Waals surface area contributed by atoms with E-state index >= 15 is 0 Å². The molecule has 0 spiro atoms. The molecule has 0 aliphatic rings. The van der Waals surface area contributed by atoms with E-state index in [0.29, 0.717) is 11.6 Å². The van der Waals surface area contributed by atoms with Crippen LogP contribution >= 0.6 is 0 Å². The summed E-state index contributed by atoms with van der Waals surface area (Å²) < 4.78 is 1.41. The first kappa shape index (κ1) is 11.7. The van der Waals surface area contributed by atoms with Gasteiger partial charge in [0.05, 0.1) is 0 Å². The molecule has 0 aromatic carbocycles. The van der Waals surface area contributed by atoms with Crippen LogP contribution in [0.5, 0.6) is 0 Å². The molecule has 0 saturated heterocycles. The Kier molecular flexibility index (Phi) is 3.81. The summed E-state index contributed by atoms with van der Waals surface area (Å²) in [5.74, 6) is 1.36. The minimum atomic E-state index is 0.576. The van der Waals surface area contributed by atoms with Crippen molar-refractivity contribution < 1.29 is 0 Å². The van der Waals surface area contributed by atoms with Crippen molar-refractivity contribution in [1.29, 1.82) is 0 Å². The molecule has 0 aliphatic heterocycles. The summed E-state index contributed by atoms with van der Waals surface area (Å²) in [5.41, 5.74) is 6.20. The van der Waals surface area contributed by atoms with Gasteiger partial charge in [0.25, 0.3) is 0 Å². The number of tetrazole rings is 1. The van der Waals surface area contributed by atoms with Gasteiger partial charge in [-0.2, -0.15) is 0 Å². The highest BCUT2D eigenvalue weighted by Crippen LogP contribution is 2.06. The quantitative estimate of drug-likeness (QED) is 0.700. The van der Waals surface area contributed by atoms with Crippen LogP contribution in [0, 0.1) is 5.92 Å². The Morgan fingerprint density at radius 1 is 1.47 bits per heavy atom. The Morgan fingerprint density at radius 3 is 3.18 bits per heavy atom. The second-order valence-corrected chi connectivity index (χ2v) is 4.15. The molecule has 0 saturated carbocycles. The number of rotatable bonds is 6. The predicted molar refractivity (Wildman–Crippen MR) is 64.5 cm³/mol. The highest BCUT2D eigenvalue weighted by Gasteiger charge is 2.01. The van der Waals surface area contributed by atoms with Crippen molar-refractivity contribution in [3.8, 4) is 0 Å². The molecular formula is C10H17N7. The Bertz CT molecular complexity index is 466. The topological polar surface area (TPSA) is 94.0 Å². The highest BCUT2D eigenvalue weighted by molar-refractivity contribution is 5.41. The molecule has 7 heteroatoms. The lowest BCUT2D eigenvalue weighted by molar-refractivity contribution is 0.529. The summed E-state index contributed by atoms with van der Waals surface area (Å²) in [6.45, 7) is 3.78. The largest absolute Gasteiger partial charge is 0.369 e. The number of nitrogens with zero attached hydrogens (tertiary/aromatic N) is 5. The molecule has 2 heterocycles. The van der Waals surface area contributed by atoms with E-state index in [0.717, 1.165) is 31.7 Å². The van der Waals surface area contributed by atoms with Crippen LogP contribution < -0.4 is 11.1 Å². The lowest BCUT2D eigenvalue weighted by Gasteiger charge is -2.08. The van der Waals surface area contributed by atoms with Crippen LogP contribution in [0.15, 0.2) is 12.1 Å². The molecule has 1 unspecified atom stereocenters. The Balaban J connectivity index is 1.82. The third-order valence-corrected chi connectivity index (χ3v) is 2.65. The van der Waals surface area contributed by atoms with E-state index in [1.54, 1.807) is 0 Å². The van der Waals surface area contributed by atoms with Crippen LogP contribution in [0.2, 0.25) is 0 Å². The maximum Gasteiger partial charge on any atom is 0.200 e. The maximum atomic E-state index is 5.56. The lowest BCUT2D eigenvalue weighted by Crippen LogP contribution is -2.13. The Labute approximate surface area is 99.4 Å². The van der Waals surface area contributed by atoms with E-state index in [4.69, 9.17) is 5.73 Å². The minimum absolute atomic E-state index is 0.576. The van der Waals surface area contributed by atoms with Crippen LogP contribution in [-0.4, -0.2) is 38.3 Å². The molecule has 0 fully saturated rings. The van der Waals surface area contributed by atoms with E-state index < -0.39 is 0 Å². The Hall–Kier alpha value is -1.76. The van der Waals surface area contributed by atoms with Crippen molar-refractivity contribution in [2.75, 3.05) is 18.4 Å². The van der Waals surface area contributed by atoms with E-state index in [2.05, 4.69) is 32.9 Å². The molecule has 7 nitrogen and oxygen atoms in total. The van der Waals surface area contributed by atoms with Crippen molar-refractivity contribution in [2.24, 2.45) is 11.7 Å². The molecule has 92 valence electrons. The van der Waals surface area contributed by atoms with Gasteiger partial charge in [-0.3, -0.25) is 0 Å². The van der Waals surface area contributed by atoms with Crippen LogP contribution in [0.1, 0.15) is 19.8 Å². The fraction of sp³-hybridized carbons (Fsp3) is 0.600. The minimum Gasteiger partial charge on any atom is -0.369 e. The number of anilines is 1. The standard InChI is InChI=1S/C10H17N7/c1-8(7-11)3-2-6-12-9-4-5-10-13-15-16-17(10)14-9/h4-5,8H,2-3,6-7,11H2,1H3,(H,12,14). The predicted octanol–water partition coefficient (Wildman–Crippen LogP) is 0.306. The van der Waals surface area contributed by atoms with Gasteiger partial charge in [-0.05, 0) is 47.9 Å². The average Bonchev–Trinajstić information content (AvgIpc) is 2.81. The van der Waals surface area contributed by atoms with E-state index in [1.807, 2.05) is 12.1 Å². The number of fused-ring (bicyclic) bond motifs is 1. The average molecular weight is 235 g/mol. The molecule has 0 radical (unpaired) electrons. The van der Waals surface area contributed by atoms with E-state index in [1.165, 1.54) is 4.63 Å². The smallest absolute Gasteiger partial charge is 0.200 e. The van der Waals surface area contributed by atoms with Crippen LogP contribution in [0.4, 0.5) is 5.82 Å². The van der Waals surface area contributed by atoms with E-state index in [9.17, 15) is 0 Å². The summed E-state index contributed by atoms with van der Waals surface area (Å²) in [6.07, 6.45) is 2.20. The zero-order valence-corrected chi connectivity index (χ0v) is 9.87. The van der Waals surface area contributed by atoms with Gasteiger partial charge in [-0.1, -0.05) is 6.92 Å². The molecule has 1 atom stereocenters. The highest BCUT2D eigenvalue weighted by atomic mass is 15.6. The van der Waals surface area contributed by atoms with Crippen molar-refractivity contribution in [2.45, 2.75) is 19.8 Å². The summed E-state index contributed by atoms with van der Waals surface area (Å²) in [4.78, 5) is 0. The second kappa shape index (κ2) is 5.53. The first-order chi connectivity index (χ1) is 8.29. The third-order valence-electron chi connectivity index (χ3n) is 2.65. The van der Waals surface area contributed by atoms with Crippen molar-refractivity contribution in [1.82, 2.24) is 25.3 Å². The number of nitrogens with one attached hydrogen (secondary N) is 1. The number of hydrogen-bond donors (Lipinski definition) is 2. The van der Waals surface area contributed by atoms with Gasteiger partial charge in [0.2, 0.25) is 0 Å². The van der Waals surface area contributed by atoms with Crippen molar-refractivity contribution >= 4 is 11.5 Å². The van der Waals surface area contributed by atoms with Gasteiger partial charge in [-0.15, -0.1) is 14.8 Å². The summed E-state index contributed by atoms with van der Waals surface area (Å²) in [6, 6.07) is 3.70. The first-order valence-electron chi connectivity index (χ1n) is 5.79. The summed E-state index contributed by atoms with van der Waals surface area (Å²) >= 11 is 0.